The average Bonchev–Trinajstić information content (AvgIpc) is 2.83. The van der Waals surface area contributed by atoms with Crippen molar-refractivity contribution < 1.29 is 0 Å². The summed E-state index contributed by atoms with van der Waals surface area (Å²) in [5.74, 6) is 2.62. The van der Waals surface area contributed by atoms with Crippen molar-refractivity contribution >= 4 is 21.7 Å². The molecule has 2 saturated heterocycles. The smallest absolute Gasteiger partial charge is 0.129 e. The van der Waals surface area contributed by atoms with Gasteiger partial charge in [0.25, 0.3) is 0 Å². The van der Waals surface area contributed by atoms with Crippen LogP contribution in [0.3, 0.4) is 0 Å². The van der Waals surface area contributed by atoms with Crippen LogP contribution in [0.2, 0.25) is 0 Å². The maximum absolute atomic E-state index is 4.54. The number of halogens is 1. The largest absolute Gasteiger partial charge is 0.351 e. The Morgan fingerprint density at radius 3 is 2.88 bits per heavy atom. The zero-order chi connectivity index (χ0) is 12.0. The molecular weight excluding hydrogens is 278 g/mol. The van der Waals surface area contributed by atoms with Crippen molar-refractivity contribution in [2.45, 2.75) is 19.4 Å². The third kappa shape index (κ3) is 1.78. The molecule has 3 heterocycles. The summed E-state index contributed by atoms with van der Waals surface area (Å²) in [4.78, 5) is 7.01. The molecule has 2 aliphatic rings. The molecular formula is C13H18BrN3. The Bertz CT molecular complexity index is 415. The molecule has 1 aromatic rings. The lowest BCUT2D eigenvalue weighted by molar-refractivity contribution is 0.356. The quantitative estimate of drug-likeness (QED) is 0.862. The molecule has 2 atom stereocenters. The van der Waals surface area contributed by atoms with Crippen LogP contribution in [0.1, 0.15) is 13.8 Å². The maximum atomic E-state index is 4.54. The van der Waals surface area contributed by atoms with E-state index in [2.05, 4.69) is 57.1 Å². The lowest BCUT2D eigenvalue weighted by Gasteiger charge is -2.36. The minimum Gasteiger partial charge on any atom is -0.351 e. The summed E-state index contributed by atoms with van der Waals surface area (Å²) >= 11 is 3.44. The summed E-state index contributed by atoms with van der Waals surface area (Å²) in [7, 11) is 0. The Kier molecular flexibility index (Phi) is 2.67. The predicted octanol–water partition coefficient (Wildman–Crippen LogP) is 2.28. The number of nitrogens with one attached hydrogen (secondary N) is 1. The highest BCUT2D eigenvalue weighted by Gasteiger charge is 2.49. The van der Waals surface area contributed by atoms with Gasteiger partial charge in [-0.25, -0.2) is 4.98 Å². The van der Waals surface area contributed by atoms with Gasteiger partial charge in [0, 0.05) is 35.8 Å². The van der Waals surface area contributed by atoms with Crippen molar-refractivity contribution in [3.63, 3.8) is 0 Å². The van der Waals surface area contributed by atoms with Gasteiger partial charge in [0.1, 0.15) is 5.82 Å². The van der Waals surface area contributed by atoms with E-state index in [0.717, 1.165) is 41.8 Å². The molecule has 4 heteroatoms. The second-order valence-electron chi connectivity index (χ2n) is 5.62. The van der Waals surface area contributed by atoms with Crippen molar-refractivity contribution in [3.05, 3.63) is 22.8 Å². The summed E-state index contributed by atoms with van der Waals surface area (Å²) < 4.78 is 1.04. The molecule has 0 saturated carbocycles. The molecule has 2 fully saturated rings. The van der Waals surface area contributed by atoms with Crippen LogP contribution in [-0.2, 0) is 0 Å². The minimum absolute atomic E-state index is 0.203. The van der Waals surface area contributed by atoms with Crippen molar-refractivity contribution in [2.75, 3.05) is 24.5 Å². The fourth-order valence-corrected chi connectivity index (χ4v) is 3.57. The predicted molar refractivity (Wildman–Crippen MR) is 73.2 cm³/mol. The molecule has 2 unspecified atom stereocenters. The molecule has 0 spiro atoms. The van der Waals surface area contributed by atoms with Gasteiger partial charge in [-0.1, -0.05) is 0 Å². The number of fused-ring (bicyclic) bond motifs is 1. The molecule has 0 aromatic carbocycles. The molecule has 0 bridgehead atoms. The number of hydrogen-bond acceptors (Lipinski definition) is 3. The van der Waals surface area contributed by atoms with Gasteiger partial charge >= 0.3 is 0 Å². The highest BCUT2D eigenvalue weighted by atomic mass is 79.9. The standard InChI is InChI=1S/C13H18BrN3/c1-13(2)11-7-15-5-9(11)8-17(13)12-4-3-10(14)6-16-12/h3-4,6,9,11,15H,5,7-8H2,1-2H3. The lowest BCUT2D eigenvalue weighted by atomic mass is 9.85. The normalized spacial score (nSPS) is 30.6. The van der Waals surface area contributed by atoms with Crippen LogP contribution in [0.4, 0.5) is 5.82 Å². The van der Waals surface area contributed by atoms with Gasteiger partial charge in [0.2, 0.25) is 0 Å². The molecule has 3 nitrogen and oxygen atoms in total. The summed E-state index contributed by atoms with van der Waals surface area (Å²) in [5.41, 5.74) is 0.203. The summed E-state index contributed by atoms with van der Waals surface area (Å²) in [6, 6.07) is 4.19. The highest BCUT2D eigenvalue weighted by Crippen LogP contribution is 2.42. The van der Waals surface area contributed by atoms with Crippen LogP contribution in [0.25, 0.3) is 0 Å². The minimum atomic E-state index is 0.203. The van der Waals surface area contributed by atoms with E-state index in [-0.39, 0.29) is 5.54 Å². The third-order valence-electron chi connectivity index (χ3n) is 4.35. The SMILES string of the molecule is CC1(C)C2CNCC2CN1c1ccc(Br)cn1. The number of anilines is 1. The molecule has 1 aromatic heterocycles. The van der Waals surface area contributed by atoms with Gasteiger partial charge in [-0.3, -0.25) is 0 Å². The van der Waals surface area contributed by atoms with Crippen molar-refractivity contribution in [1.29, 1.82) is 0 Å². The van der Waals surface area contributed by atoms with Gasteiger partial charge in [-0.05, 0) is 53.7 Å². The molecule has 1 N–H and O–H groups in total. The van der Waals surface area contributed by atoms with E-state index in [9.17, 15) is 0 Å². The summed E-state index contributed by atoms with van der Waals surface area (Å²) in [6.07, 6.45) is 1.89. The van der Waals surface area contributed by atoms with Gasteiger partial charge in [0.15, 0.2) is 0 Å². The number of hydrogen-bond donors (Lipinski definition) is 1. The van der Waals surface area contributed by atoms with Gasteiger partial charge in [0.05, 0.1) is 0 Å². The number of rotatable bonds is 1. The van der Waals surface area contributed by atoms with E-state index in [1.807, 2.05) is 6.20 Å². The van der Waals surface area contributed by atoms with E-state index >= 15 is 0 Å². The van der Waals surface area contributed by atoms with Gasteiger partial charge in [-0.15, -0.1) is 0 Å². The fraction of sp³-hybridized carbons (Fsp3) is 0.615. The first kappa shape index (κ1) is 11.5. The zero-order valence-electron chi connectivity index (χ0n) is 10.3. The van der Waals surface area contributed by atoms with Crippen LogP contribution in [0, 0.1) is 11.8 Å². The Hall–Kier alpha value is -0.610. The lowest BCUT2D eigenvalue weighted by Crippen LogP contribution is -2.45. The Labute approximate surface area is 111 Å². The number of aromatic nitrogens is 1. The zero-order valence-corrected chi connectivity index (χ0v) is 11.9. The molecule has 2 aliphatic heterocycles. The van der Waals surface area contributed by atoms with Gasteiger partial charge in [-0.2, -0.15) is 0 Å². The topological polar surface area (TPSA) is 28.2 Å². The van der Waals surface area contributed by atoms with Crippen LogP contribution in [-0.4, -0.2) is 30.2 Å². The van der Waals surface area contributed by atoms with Crippen molar-refractivity contribution in [1.82, 2.24) is 10.3 Å². The van der Waals surface area contributed by atoms with Crippen molar-refractivity contribution in [2.24, 2.45) is 11.8 Å². The third-order valence-corrected chi connectivity index (χ3v) is 4.82. The second-order valence-corrected chi connectivity index (χ2v) is 6.54. The van der Waals surface area contributed by atoms with Gasteiger partial charge < -0.3 is 10.2 Å². The monoisotopic (exact) mass is 295 g/mol. The first-order valence-corrected chi connectivity index (χ1v) is 6.98. The Balaban J connectivity index is 1.91. The molecule has 92 valence electrons. The summed E-state index contributed by atoms with van der Waals surface area (Å²) in [6.45, 7) is 8.11. The first-order valence-electron chi connectivity index (χ1n) is 6.19. The van der Waals surface area contributed by atoms with Crippen LogP contribution >= 0.6 is 15.9 Å². The molecule has 0 aliphatic carbocycles. The fourth-order valence-electron chi connectivity index (χ4n) is 3.34. The molecule has 0 amide bonds. The van der Waals surface area contributed by atoms with Crippen LogP contribution in [0.5, 0.6) is 0 Å². The van der Waals surface area contributed by atoms with E-state index in [0.29, 0.717) is 0 Å². The van der Waals surface area contributed by atoms with E-state index in [4.69, 9.17) is 0 Å². The molecule has 0 radical (unpaired) electrons. The van der Waals surface area contributed by atoms with Crippen LogP contribution in [0.15, 0.2) is 22.8 Å². The number of pyridine rings is 1. The molecule has 3 rings (SSSR count). The van der Waals surface area contributed by atoms with E-state index in [1.165, 1.54) is 0 Å². The summed E-state index contributed by atoms with van der Waals surface area (Å²) in [5, 5.41) is 3.51. The average molecular weight is 296 g/mol. The van der Waals surface area contributed by atoms with E-state index in [1.54, 1.807) is 0 Å². The molecule has 17 heavy (non-hydrogen) atoms. The first-order chi connectivity index (χ1) is 8.09. The van der Waals surface area contributed by atoms with Crippen molar-refractivity contribution in [3.8, 4) is 0 Å². The Morgan fingerprint density at radius 2 is 2.24 bits per heavy atom. The number of nitrogens with zero attached hydrogens (tertiary/aromatic N) is 2. The maximum Gasteiger partial charge on any atom is 0.129 e. The van der Waals surface area contributed by atoms with E-state index < -0.39 is 0 Å². The second kappa shape index (κ2) is 3.95. The Morgan fingerprint density at radius 1 is 1.41 bits per heavy atom. The highest BCUT2D eigenvalue weighted by molar-refractivity contribution is 9.10. The van der Waals surface area contributed by atoms with Crippen LogP contribution < -0.4 is 10.2 Å².